The van der Waals surface area contributed by atoms with E-state index in [0.29, 0.717) is 0 Å². The normalized spacial score (nSPS) is 38.8. The summed E-state index contributed by atoms with van der Waals surface area (Å²) in [4.78, 5) is 0. The van der Waals surface area contributed by atoms with Gasteiger partial charge in [0.05, 0.1) is 6.26 Å². The van der Waals surface area contributed by atoms with Gasteiger partial charge in [-0.1, -0.05) is 6.58 Å². The van der Waals surface area contributed by atoms with Gasteiger partial charge in [0.25, 0.3) is 0 Å². The van der Waals surface area contributed by atoms with E-state index in [-0.39, 0.29) is 0 Å². The van der Waals surface area contributed by atoms with Gasteiger partial charge in [-0.3, -0.25) is 0 Å². The Morgan fingerprint density at radius 1 is 1.50 bits per heavy atom. The molecule has 0 aliphatic carbocycles. The van der Waals surface area contributed by atoms with Gasteiger partial charge in [0, 0.05) is 0 Å². The number of ether oxygens (including phenoxy) is 1. The SMILES string of the molecule is C=CC1OC=CC(O)[C@@H]1O. The van der Waals surface area contributed by atoms with Crippen LogP contribution in [-0.2, 0) is 4.74 Å². The second-order valence-corrected chi connectivity index (χ2v) is 2.15. The second-order valence-electron chi connectivity index (χ2n) is 2.15. The minimum atomic E-state index is -0.887. The highest BCUT2D eigenvalue weighted by molar-refractivity contribution is 5.02. The second kappa shape index (κ2) is 2.86. The Balaban J connectivity index is 2.64. The van der Waals surface area contributed by atoms with Gasteiger partial charge in [-0.05, 0) is 12.2 Å². The summed E-state index contributed by atoms with van der Waals surface area (Å²) < 4.78 is 4.90. The first-order valence-electron chi connectivity index (χ1n) is 3.06. The van der Waals surface area contributed by atoms with E-state index in [9.17, 15) is 0 Å². The molecule has 0 amide bonds. The molecule has 0 fully saturated rings. The van der Waals surface area contributed by atoms with Gasteiger partial charge in [0.1, 0.15) is 18.3 Å². The lowest BCUT2D eigenvalue weighted by Crippen LogP contribution is -2.38. The largest absolute Gasteiger partial charge is 0.491 e. The Labute approximate surface area is 59.2 Å². The fourth-order valence-corrected chi connectivity index (χ4v) is 0.800. The van der Waals surface area contributed by atoms with Gasteiger partial charge < -0.3 is 14.9 Å². The topological polar surface area (TPSA) is 49.7 Å². The Bertz CT molecular complexity index is 153. The first-order valence-corrected chi connectivity index (χ1v) is 3.06. The maximum atomic E-state index is 9.14. The van der Waals surface area contributed by atoms with E-state index < -0.39 is 18.3 Å². The van der Waals surface area contributed by atoms with Gasteiger partial charge in [-0.15, -0.1) is 0 Å². The molecule has 3 atom stereocenters. The van der Waals surface area contributed by atoms with E-state index >= 15 is 0 Å². The van der Waals surface area contributed by atoms with E-state index in [1.54, 1.807) is 0 Å². The fourth-order valence-electron chi connectivity index (χ4n) is 0.800. The molecule has 0 radical (unpaired) electrons. The summed E-state index contributed by atoms with van der Waals surface area (Å²) >= 11 is 0. The highest BCUT2D eigenvalue weighted by Crippen LogP contribution is 2.12. The van der Waals surface area contributed by atoms with Crippen LogP contribution in [0.2, 0.25) is 0 Å². The van der Waals surface area contributed by atoms with Crippen LogP contribution in [0.5, 0.6) is 0 Å². The smallest absolute Gasteiger partial charge is 0.144 e. The maximum absolute atomic E-state index is 9.14. The van der Waals surface area contributed by atoms with E-state index in [0.717, 1.165) is 0 Å². The third-order valence-electron chi connectivity index (χ3n) is 1.43. The van der Waals surface area contributed by atoms with Crippen LogP contribution in [0, 0.1) is 0 Å². The zero-order chi connectivity index (χ0) is 7.56. The molecule has 0 bridgehead atoms. The van der Waals surface area contributed by atoms with Crippen LogP contribution in [0.3, 0.4) is 0 Å². The van der Waals surface area contributed by atoms with E-state index in [2.05, 4.69) is 6.58 Å². The molecule has 0 aromatic heterocycles. The summed E-state index contributed by atoms with van der Waals surface area (Å²) in [5.41, 5.74) is 0. The quantitative estimate of drug-likeness (QED) is 0.499. The van der Waals surface area contributed by atoms with Crippen molar-refractivity contribution in [1.29, 1.82) is 0 Å². The lowest BCUT2D eigenvalue weighted by atomic mass is 10.1. The first-order chi connectivity index (χ1) is 4.75. The number of hydrogen-bond acceptors (Lipinski definition) is 3. The van der Waals surface area contributed by atoms with Crippen molar-refractivity contribution >= 4 is 0 Å². The lowest BCUT2D eigenvalue weighted by molar-refractivity contribution is -0.0423. The first kappa shape index (κ1) is 7.31. The summed E-state index contributed by atoms with van der Waals surface area (Å²) in [5.74, 6) is 0. The number of aliphatic hydroxyl groups excluding tert-OH is 2. The van der Waals surface area contributed by atoms with Crippen LogP contribution in [0.4, 0.5) is 0 Å². The molecular formula is C7H10O3. The molecule has 1 heterocycles. The minimum Gasteiger partial charge on any atom is -0.491 e. The summed E-state index contributed by atoms with van der Waals surface area (Å²) in [6.45, 7) is 3.44. The molecule has 2 N–H and O–H groups in total. The fraction of sp³-hybridized carbons (Fsp3) is 0.429. The molecule has 56 valence electrons. The van der Waals surface area contributed by atoms with Crippen molar-refractivity contribution in [2.45, 2.75) is 18.3 Å². The minimum absolute atomic E-state index is 0.486. The predicted molar refractivity (Wildman–Crippen MR) is 36.2 cm³/mol. The Morgan fingerprint density at radius 3 is 2.70 bits per heavy atom. The molecule has 0 saturated carbocycles. The van der Waals surface area contributed by atoms with Gasteiger partial charge >= 0.3 is 0 Å². The van der Waals surface area contributed by atoms with Crippen LogP contribution in [0.15, 0.2) is 25.0 Å². The maximum Gasteiger partial charge on any atom is 0.144 e. The highest BCUT2D eigenvalue weighted by Gasteiger charge is 2.25. The molecule has 1 aliphatic heterocycles. The van der Waals surface area contributed by atoms with Crippen molar-refractivity contribution in [3.63, 3.8) is 0 Å². The van der Waals surface area contributed by atoms with Crippen molar-refractivity contribution in [1.82, 2.24) is 0 Å². The van der Waals surface area contributed by atoms with Gasteiger partial charge in [0.2, 0.25) is 0 Å². The van der Waals surface area contributed by atoms with E-state index in [1.165, 1.54) is 18.4 Å². The van der Waals surface area contributed by atoms with Crippen LogP contribution in [-0.4, -0.2) is 28.5 Å². The van der Waals surface area contributed by atoms with Crippen LogP contribution in [0.25, 0.3) is 0 Å². The van der Waals surface area contributed by atoms with Crippen molar-refractivity contribution < 1.29 is 14.9 Å². The average Bonchev–Trinajstić information content (AvgIpc) is 1.95. The zero-order valence-electron chi connectivity index (χ0n) is 5.47. The van der Waals surface area contributed by atoms with Crippen molar-refractivity contribution in [3.8, 4) is 0 Å². The molecule has 2 unspecified atom stereocenters. The van der Waals surface area contributed by atoms with Crippen molar-refractivity contribution in [3.05, 3.63) is 25.0 Å². The molecule has 1 aliphatic rings. The number of rotatable bonds is 1. The molecule has 0 aromatic carbocycles. The lowest BCUT2D eigenvalue weighted by Gasteiger charge is -2.25. The van der Waals surface area contributed by atoms with Gasteiger partial charge in [-0.25, -0.2) is 0 Å². The van der Waals surface area contributed by atoms with Crippen LogP contribution >= 0.6 is 0 Å². The summed E-state index contributed by atoms with van der Waals surface area (Å²) in [7, 11) is 0. The van der Waals surface area contributed by atoms with Crippen molar-refractivity contribution in [2.24, 2.45) is 0 Å². The average molecular weight is 142 g/mol. The van der Waals surface area contributed by atoms with Crippen LogP contribution in [0.1, 0.15) is 0 Å². The summed E-state index contributed by atoms with van der Waals surface area (Å²) in [6.07, 6.45) is 2.01. The zero-order valence-corrected chi connectivity index (χ0v) is 5.47. The Morgan fingerprint density at radius 2 is 2.20 bits per heavy atom. The van der Waals surface area contributed by atoms with Crippen molar-refractivity contribution in [2.75, 3.05) is 0 Å². The molecule has 0 aromatic rings. The molecule has 10 heavy (non-hydrogen) atoms. The summed E-state index contributed by atoms with van der Waals surface area (Å²) in [5, 5.41) is 18.2. The molecule has 1 rings (SSSR count). The monoisotopic (exact) mass is 142 g/mol. The highest BCUT2D eigenvalue weighted by atomic mass is 16.5. The van der Waals surface area contributed by atoms with E-state index in [4.69, 9.17) is 14.9 Å². The van der Waals surface area contributed by atoms with Gasteiger partial charge in [-0.2, -0.15) is 0 Å². The van der Waals surface area contributed by atoms with Crippen LogP contribution < -0.4 is 0 Å². The molecule has 3 heteroatoms. The van der Waals surface area contributed by atoms with E-state index in [1.807, 2.05) is 0 Å². The number of hydrogen-bond donors (Lipinski definition) is 2. The molecular weight excluding hydrogens is 132 g/mol. The third-order valence-corrected chi connectivity index (χ3v) is 1.43. The summed E-state index contributed by atoms with van der Waals surface area (Å²) in [6, 6.07) is 0. The molecule has 0 spiro atoms. The predicted octanol–water partition coefficient (Wildman–Crippen LogP) is -0.193. The Kier molecular flexibility index (Phi) is 2.09. The third kappa shape index (κ3) is 1.20. The Hall–Kier alpha value is -0.800. The number of aliphatic hydroxyl groups is 2. The standard InChI is InChI=1S/C7H10O3/c1-2-6-7(9)5(8)3-4-10-6/h2-9H,1H2/t5?,6?,7-/m0/s1. The molecule has 3 nitrogen and oxygen atoms in total. The molecule has 0 saturated heterocycles. The van der Waals surface area contributed by atoms with Gasteiger partial charge in [0.15, 0.2) is 0 Å².